The highest BCUT2D eigenvalue weighted by Gasteiger charge is 2.27. The second-order valence-electron chi connectivity index (χ2n) is 4.95. The van der Waals surface area contributed by atoms with Crippen LogP contribution in [0.2, 0.25) is 5.02 Å². The van der Waals surface area contributed by atoms with Crippen LogP contribution in [0, 0.1) is 11.8 Å². The lowest BCUT2D eigenvalue weighted by Gasteiger charge is -2.23. The van der Waals surface area contributed by atoms with Crippen LogP contribution in [0.15, 0.2) is 24.3 Å². The van der Waals surface area contributed by atoms with Crippen molar-refractivity contribution in [2.75, 3.05) is 20.2 Å². The van der Waals surface area contributed by atoms with Crippen molar-refractivity contribution >= 4 is 23.5 Å². The lowest BCUT2D eigenvalue weighted by molar-refractivity contribution is -0.148. The predicted octanol–water partition coefficient (Wildman–Crippen LogP) is 2.53. The quantitative estimate of drug-likeness (QED) is 0.840. The van der Waals surface area contributed by atoms with Gasteiger partial charge in [0.15, 0.2) is 0 Å². The lowest BCUT2D eigenvalue weighted by atomic mass is 9.95. The Morgan fingerprint density at radius 1 is 1.29 bits per heavy atom. The van der Waals surface area contributed by atoms with Crippen molar-refractivity contribution in [1.82, 2.24) is 4.90 Å². The van der Waals surface area contributed by atoms with E-state index in [4.69, 9.17) is 21.4 Å². The minimum absolute atomic E-state index is 0.215. The summed E-state index contributed by atoms with van der Waals surface area (Å²) in [6.45, 7) is 3.80. The minimum Gasteiger partial charge on any atom is -0.490 e. The Hall–Kier alpha value is -1.75. The highest BCUT2D eigenvalue weighted by Crippen LogP contribution is 2.23. The second kappa shape index (κ2) is 7.88. The third-order valence-electron chi connectivity index (χ3n) is 3.43. The Labute approximate surface area is 129 Å². The fraction of sp³-hybridized carbons (Fsp3) is 0.467. The number of carbonyl (C=O) groups excluding carboxylic acids is 1. The average molecular weight is 314 g/mol. The van der Waals surface area contributed by atoms with Gasteiger partial charge in [-0.15, -0.1) is 0 Å². The molecule has 5 nitrogen and oxygen atoms in total. The number of carbonyl (C=O) groups is 2. The number of aliphatic carboxylic acids is 1. The van der Waals surface area contributed by atoms with Gasteiger partial charge in [0.1, 0.15) is 12.4 Å². The average Bonchev–Trinajstić information content (AvgIpc) is 2.46. The number of para-hydroxylation sites is 1. The number of nitrogens with zero attached hydrogens (tertiary/aromatic N) is 1. The van der Waals surface area contributed by atoms with E-state index in [2.05, 4.69) is 0 Å². The van der Waals surface area contributed by atoms with Crippen LogP contribution in [0.5, 0.6) is 5.75 Å². The molecule has 0 fully saturated rings. The Bertz CT molecular complexity index is 506. The van der Waals surface area contributed by atoms with E-state index in [1.807, 2.05) is 6.07 Å². The standard InChI is InChI=1S/C15H20ClNO4/c1-10(11(2)15(19)20)14(18)17(3)8-9-21-13-7-5-4-6-12(13)16/h4-7,10-11H,8-9H2,1-3H3,(H,19,20). The normalized spacial score (nSPS) is 13.3. The van der Waals surface area contributed by atoms with Crippen LogP contribution < -0.4 is 4.74 Å². The molecule has 0 saturated heterocycles. The van der Waals surface area contributed by atoms with E-state index in [9.17, 15) is 9.59 Å². The maximum atomic E-state index is 12.1. The number of likely N-dealkylation sites (N-methyl/N-ethyl adjacent to an activating group) is 1. The SMILES string of the molecule is CC(C(=O)O)C(C)C(=O)N(C)CCOc1ccccc1Cl. The summed E-state index contributed by atoms with van der Waals surface area (Å²) in [7, 11) is 1.63. The van der Waals surface area contributed by atoms with Crippen LogP contribution in [0.4, 0.5) is 0 Å². The van der Waals surface area contributed by atoms with Gasteiger partial charge in [0.25, 0.3) is 0 Å². The molecule has 0 saturated carbocycles. The van der Waals surface area contributed by atoms with E-state index >= 15 is 0 Å². The van der Waals surface area contributed by atoms with Gasteiger partial charge in [-0.2, -0.15) is 0 Å². The first-order valence-corrected chi connectivity index (χ1v) is 7.07. The van der Waals surface area contributed by atoms with Gasteiger partial charge in [-0.05, 0) is 12.1 Å². The predicted molar refractivity (Wildman–Crippen MR) is 80.5 cm³/mol. The Morgan fingerprint density at radius 3 is 2.48 bits per heavy atom. The number of amides is 1. The zero-order valence-electron chi connectivity index (χ0n) is 12.4. The molecule has 1 rings (SSSR count). The monoisotopic (exact) mass is 313 g/mol. The molecule has 0 heterocycles. The smallest absolute Gasteiger partial charge is 0.307 e. The van der Waals surface area contributed by atoms with E-state index < -0.39 is 17.8 Å². The van der Waals surface area contributed by atoms with Gasteiger partial charge in [0.2, 0.25) is 5.91 Å². The lowest BCUT2D eigenvalue weighted by Crippen LogP contribution is -2.38. The van der Waals surface area contributed by atoms with Crippen LogP contribution in [-0.4, -0.2) is 42.1 Å². The summed E-state index contributed by atoms with van der Waals surface area (Å²) in [4.78, 5) is 24.4. The third kappa shape index (κ3) is 4.93. The highest BCUT2D eigenvalue weighted by atomic mass is 35.5. The van der Waals surface area contributed by atoms with Gasteiger partial charge in [-0.25, -0.2) is 0 Å². The van der Waals surface area contributed by atoms with Crippen molar-refractivity contribution < 1.29 is 19.4 Å². The van der Waals surface area contributed by atoms with Gasteiger partial charge < -0.3 is 14.7 Å². The molecule has 0 aromatic heterocycles. The zero-order chi connectivity index (χ0) is 16.0. The van der Waals surface area contributed by atoms with Gasteiger partial charge in [-0.1, -0.05) is 37.6 Å². The molecule has 116 valence electrons. The van der Waals surface area contributed by atoms with Crippen LogP contribution >= 0.6 is 11.6 Å². The number of carboxylic acids is 1. The van der Waals surface area contributed by atoms with Crippen molar-refractivity contribution in [2.24, 2.45) is 11.8 Å². The Morgan fingerprint density at radius 2 is 1.90 bits per heavy atom. The summed E-state index contributed by atoms with van der Waals surface area (Å²) in [5, 5.41) is 9.44. The maximum absolute atomic E-state index is 12.1. The Balaban J connectivity index is 2.46. The molecule has 0 aliphatic heterocycles. The number of hydrogen-bond acceptors (Lipinski definition) is 3. The zero-order valence-corrected chi connectivity index (χ0v) is 13.1. The third-order valence-corrected chi connectivity index (χ3v) is 3.74. The molecule has 6 heteroatoms. The van der Waals surface area contributed by atoms with Crippen molar-refractivity contribution in [3.05, 3.63) is 29.3 Å². The number of benzene rings is 1. The molecule has 0 aliphatic carbocycles. The van der Waals surface area contributed by atoms with Crippen LogP contribution in [-0.2, 0) is 9.59 Å². The molecular formula is C15H20ClNO4. The van der Waals surface area contributed by atoms with Crippen LogP contribution in [0.25, 0.3) is 0 Å². The number of halogens is 1. The molecule has 0 spiro atoms. The van der Waals surface area contributed by atoms with E-state index in [1.54, 1.807) is 32.2 Å². The molecule has 1 aromatic rings. The summed E-state index contributed by atoms with van der Waals surface area (Å²) in [5.41, 5.74) is 0. The molecule has 1 amide bonds. The molecule has 21 heavy (non-hydrogen) atoms. The topological polar surface area (TPSA) is 66.8 Å². The summed E-state index contributed by atoms with van der Waals surface area (Å²) < 4.78 is 5.50. The van der Waals surface area contributed by atoms with Crippen LogP contribution in [0.3, 0.4) is 0 Å². The molecule has 2 atom stereocenters. The number of ether oxygens (including phenoxy) is 1. The van der Waals surface area contributed by atoms with Gasteiger partial charge in [-0.3, -0.25) is 9.59 Å². The summed E-state index contributed by atoms with van der Waals surface area (Å²) in [5.74, 6) is -1.92. The maximum Gasteiger partial charge on any atom is 0.307 e. The van der Waals surface area contributed by atoms with Crippen molar-refractivity contribution in [2.45, 2.75) is 13.8 Å². The summed E-state index contributed by atoms with van der Waals surface area (Å²) in [6.07, 6.45) is 0. The first-order valence-electron chi connectivity index (χ1n) is 6.69. The summed E-state index contributed by atoms with van der Waals surface area (Å²) in [6, 6.07) is 7.09. The molecule has 1 N–H and O–H groups in total. The van der Waals surface area contributed by atoms with Crippen molar-refractivity contribution in [1.29, 1.82) is 0 Å². The minimum atomic E-state index is -0.975. The number of hydrogen-bond donors (Lipinski definition) is 1. The van der Waals surface area contributed by atoms with E-state index in [-0.39, 0.29) is 5.91 Å². The van der Waals surface area contributed by atoms with Gasteiger partial charge in [0.05, 0.1) is 17.5 Å². The fourth-order valence-corrected chi connectivity index (χ4v) is 1.93. The first-order chi connectivity index (χ1) is 9.84. The fourth-order valence-electron chi connectivity index (χ4n) is 1.74. The molecule has 0 aliphatic rings. The van der Waals surface area contributed by atoms with E-state index in [0.29, 0.717) is 23.9 Å². The molecule has 2 unspecified atom stereocenters. The van der Waals surface area contributed by atoms with Crippen molar-refractivity contribution in [3.8, 4) is 5.75 Å². The highest BCUT2D eigenvalue weighted by molar-refractivity contribution is 6.32. The van der Waals surface area contributed by atoms with Gasteiger partial charge >= 0.3 is 5.97 Å². The van der Waals surface area contributed by atoms with E-state index in [0.717, 1.165) is 0 Å². The number of carboxylic acid groups (broad SMARTS) is 1. The molecule has 1 aromatic carbocycles. The molecule has 0 radical (unpaired) electrons. The molecular weight excluding hydrogens is 294 g/mol. The van der Waals surface area contributed by atoms with E-state index in [1.165, 1.54) is 11.8 Å². The molecule has 0 bridgehead atoms. The van der Waals surface area contributed by atoms with Gasteiger partial charge in [0, 0.05) is 13.0 Å². The van der Waals surface area contributed by atoms with Crippen LogP contribution in [0.1, 0.15) is 13.8 Å². The number of rotatable bonds is 7. The second-order valence-corrected chi connectivity index (χ2v) is 5.36. The largest absolute Gasteiger partial charge is 0.490 e. The van der Waals surface area contributed by atoms with Crippen molar-refractivity contribution in [3.63, 3.8) is 0 Å². The first kappa shape index (κ1) is 17.3. The Kier molecular flexibility index (Phi) is 6.49. The summed E-state index contributed by atoms with van der Waals surface area (Å²) >= 11 is 5.96.